The normalized spacial score (nSPS) is 17.9. The Morgan fingerprint density at radius 3 is 2.94 bits per heavy atom. The predicted octanol–water partition coefficient (Wildman–Crippen LogP) is 3.21. The molecule has 0 aromatic heterocycles. The van der Waals surface area contributed by atoms with Crippen LogP contribution in [0.3, 0.4) is 0 Å². The first-order chi connectivity index (χ1) is 15.1. The largest absolute Gasteiger partial charge is 0.461 e. The minimum absolute atomic E-state index is 0.171. The van der Waals surface area contributed by atoms with Crippen LogP contribution in [0, 0.1) is 4.91 Å². The van der Waals surface area contributed by atoms with Gasteiger partial charge < -0.3 is 19.9 Å². The third-order valence-corrected chi connectivity index (χ3v) is 4.51. The van der Waals surface area contributed by atoms with Crippen LogP contribution in [0.4, 0.5) is 0 Å². The third kappa shape index (κ3) is 10.7. The van der Waals surface area contributed by atoms with Crippen molar-refractivity contribution in [2.24, 2.45) is 5.18 Å². The number of nitroso groups, excluding NO2 is 1. The van der Waals surface area contributed by atoms with Crippen LogP contribution in [0.25, 0.3) is 0 Å². The summed E-state index contributed by atoms with van der Waals surface area (Å²) in [6.07, 6.45) is 5.92. The maximum atomic E-state index is 11.7. The fourth-order valence-electron chi connectivity index (χ4n) is 2.83. The molecule has 0 saturated heterocycles. The van der Waals surface area contributed by atoms with E-state index in [1.165, 1.54) is 0 Å². The van der Waals surface area contributed by atoms with E-state index < -0.39 is 12.1 Å². The van der Waals surface area contributed by atoms with Crippen molar-refractivity contribution in [3.05, 3.63) is 82.5 Å². The zero-order valence-electron chi connectivity index (χ0n) is 17.7. The number of aliphatic hydroxyl groups excluding tert-OH is 1. The highest BCUT2D eigenvalue weighted by molar-refractivity contribution is 5.69. The van der Waals surface area contributed by atoms with E-state index in [-0.39, 0.29) is 25.6 Å². The number of carbonyl (C=O) groups excluding carboxylic acids is 1. The van der Waals surface area contributed by atoms with Crippen molar-refractivity contribution >= 4 is 5.97 Å². The predicted molar refractivity (Wildman–Crippen MR) is 119 cm³/mol. The number of carbonyl (C=O) groups is 1. The third-order valence-electron chi connectivity index (χ3n) is 4.51. The second-order valence-electron chi connectivity index (χ2n) is 7.32. The second-order valence-corrected chi connectivity index (χ2v) is 7.32. The molecule has 0 fully saturated rings. The second kappa shape index (κ2) is 14.2. The summed E-state index contributed by atoms with van der Waals surface area (Å²) in [6.45, 7) is 5.51. The molecule has 0 spiro atoms. The van der Waals surface area contributed by atoms with E-state index in [0.717, 1.165) is 16.7 Å². The van der Waals surface area contributed by atoms with Gasteiger partial charge in [-0.2, -0.15) is 4.91 Å². The lowest BCUT2D eigenvalue weighted by Crippen LogP contribution is -2.31. The summed E-state index contributed by atoms with van der Waals surface area (Å²) in [6, 6.07) is 9.10. The first-order valence-electron chi connectivity index (χ1n) is 10.4. The summed E-state index contributed by atoms with van der Waals surface area (Å²) >= 11 is 0. The monoisotopic (exact) mass is 426 g/mol. The van der Waals surface area contributed by atoms with E-state index in [1.54, 1.807) is 12.2 Å². The van der Waals surface area contributed by atoms with E-state index in [2.05, 4.69) is 22.8 Å². The Bertz CT molecular complexity index is 813. The fraction of sp³-hybridized carbons (Fsp3) is 0.417. The Kier molecular flexibility index (Phi) is 11.2. The van der Waals surface area contributed by atoms with Gasteiger partial charge in [0, 0.05) is 38.1 Å². The zero-order valence-corrected chi connectivity index (χ0v) is 17.7. The summed E-state index contributed by atoms with van der Waals surface area (Å²) in [5.41, 5.74) is 5.72. The first-order valence-corrected chi connectivity index (χ1v) is 10.4. The average Bonchev–Trinajstić information content (AvgIpc) is 2.77. The highest BCUT2D eigenvalue weighted by Crippen LogP contribution is 2.13. The maximum absolute atomic E-state index is 11.7. The molecule has 0 amide bonds. The molecule has 0 heterocycles. The summed E-state index contributed by atoms with van der Waals surface area (Å²) in [7, 11) is 0. The molecule has 0 bridgehead atoms. The lowest BCUT2D eigenvalue weighted by atomic mass is 10.0. The van der Waals surface area contributed by atoms with Gasteiger partial charge in [0.15, 0.2) is 0 Å². The van der Waals surface area contributed by atoms with Gasteiger partial charge in [-0.15, -0.1) is 5.73 Å². The van der Waals surface area contributed by atoms with Crippen LogP contribution in [0.5, 0.6) is 0 Å². The number of hydrogen-bond acceptors (Lipinski definition) is 7. The quantitative estimate of drug-likeness (QED) is 0.218. The van der Waals surface area contributed by atoms with E-state index in [4.69, 9.17) is 9.47 Å². The Balaban J connectivity index is 1.54. The van der Waals surface area contributed by atoms with Crippen molar-refractivity contribution in [2.45, 2.75) is 38.0 Å². The van der Waals surface area contributed by atoms with Gasteiger partial charge in [0.1, 0.15) is 12.6 Å². The Morgan fingerprint density at radius 1 is 1.35 bits per heavy atom. The molecule has 1 aromatic rings. The molecular formula is C24H30N2O5. The van der Waals surface area contributed by atoms with E-state index in [9.17, 15) is 14.8 Å². The van der Waals surface area contributed by atoms with Crippen LogP contribution >= 0.6 is 0 Å². The van der Waals surface area contributed by atoms with Crippen LogP contribution in [-0.4, -0.2) is 49.5 Å². The molecule has 1 aliphatic rings. The molecule has 2 unspecified atom stereocenters. The van der Waals surface area contributed by atoms with Crippen molar-refractivity contribution in [3.63, 3.8) is 0 Å². The molecule has 1 aromatic carbocycles. The Hall–Kier alpha value is -2.83. The topological polar surface area (TPSA) is 97.2 Å². The number of esters is 1. The summed E-state index contributed by atoms with van der Waals surface area (Å²) in [5, 5.41) is 16.2. The standard InChI is InChI=1S/C24H30N2O5/c1-19-9-10-20(11-12-22(14-19)26-29)15-25-16-23(27)18-30-13-5-8-24(28)31-17-21-6-3-2-4-7-21/h2-4,6-7,9,11-12,22-23,25,27H,1,5,8,13-18H2/b12-11-. The minimum atomic E-state index is -0.675. The van der Waals surface area contributed by atoms with Gasteiger partial charge in [0.25, 0.3) is 0 Å². The molecule has 166 valence electrons. The van der Waals surface area contributed by atoms with Gasteiger partial charge in [0.2, 0.25) is 0 Å². The van der Waals surface area contributed by atoms with Crippen LogP contribution < -0.4 is 5.32 Å². The highest BCUT2D eigenvalue weighted by atomic mass is 16.5. The van der Waals surface area contributed by atoms with Crippen molar-refractivity contribution in [2.75, 3.05) is 26.3 Å². The van der Waals surface area contributed by atoms with Crippen molar-refractivity contribution in [1.82, 2.24) is 5.32 Å². The fourth-order valence-corrected chi connectivity index (χ4v) is 2.83. The number of aliphatic hydroxyl groups is 1. The number of rotatable bonds is 13. The van der Waals surface area contributed by atoms with Gasteiger partial charge in [-0.3, -0.25) is 4.79 Å². The number of ether oxygens (including phenoxy) is 2. The number of nitrogens with one attached hydrogen (secondary N) is 1. The molecule has 2 rings (SSSR count). The molecule has 31 heavy (non-hydrogen) atoms. The van der Waals surface area contributed by atoms with Crippen LogP contribution in [0.2, 0.25) is 0 Å². The molecule has 2 atom stereocenters. The summed E-state index contributed by atoms with van der Waals surface area (Å²) in [5.74, 6) is -0.266. The van der Waals surface area contributed by atoms with Crippen LogP contribution in [0.1, 0.15) is 24.8 Å². The maximum Gasteiger partial charge on any atom is 0.306 e. The van der Waals surface area contributed by atoms with Gasteiger partial charge in [-0.25, -0.2) is 0 Å². The zero-order chi connectivity index (χ0) is 22.3. The smallest absolute Gasteiger partial charge is 0.306 e. The molecular weight excluding hydrogens is 396 g/mol. The van der Waals surface area contributed by atoms with Crippen LogP contribution in [0.15, 0.2) is 77.2 Å². The van der Waals surface area contributed by atoms with E-state index in [0.29, 0.717) is 32.5 Å². The van der Waals surface area contributed by atoms with Gasteiger partial charge in [0.05, 0.1) is 12.7 Å². The van der Waals surface area contributed by atoms with E-state index in [1.807, 2.05) is 36.4 Å². The Morgan fingerprint density at radius 2 is 2.16 bits per heavy atom. The highest BCUT2D eigenvalue weighted by Gasteiger charge is 2.09. The minimum Gasteiger partial charge on any atom is -0.461 e. The lowest BCUT2D eigenvalue weighted by molar-refractivity contribution is -0.145. The summed E-state index contributed by atoms with van der Waals surface area (Å²) in [4.78, 5) is 22.5. The van der Waals surface area contributed by atoms with Crippen molar-refractivity contribution in [3.8, 4) is 0 Å². The van der Waals surface area contributed by atoms with Crippen molar-refractivity contribution in [1.29, 1.82) is 0 Å². The van der Waals surface area contributed by atoms with Gasteiger partial charge in [-0.05, 0) is 23.6 Å². The number of nitrogens with zero attached hydrogens (tertiary/aromatic N) is 1. The number of hydrogen-bond donors (Lipinski definition) is 2. The van der Waals surface area contributed by atoms with Crippen molar-refractivity contribution < 1.29 is 19.4 Å². The lowest BCUT2D eigenvalue weighted by Gasteiger charge is -2.13. The SMILES string of the molecule is C=C1C=C=C(CNCC(O)COCCCC(=O)OCc2ccccc2)/C=C\C(N=O)C1. The molecule has 7 heteroatoms. The molecule has 7 nitrogen and oxygen atoms in total. The average molecular weight is 427 g/mol. The molecule has 0 radical (unpaired) electrons. The molecule has 1 aliphatic carbocycles. The molecule has 2 N–H and O–H groups in total. The molecule has 0 aliphatic heterocycles. The van der Waals surface area contributed by atoms with Gasteiger partial charge in [-0.1, -0.05) is 54.2 Å². The summed E-state index contributed by atoms with van der Waals surface area (Å²) < 4.78 is 10.6. The van der Waals surface area contributed by atoms with Crippen LogP contribution in [-0.2, 0) is 20.9 Å². The van der Waals surface area contributed by atoms with E-state index >= 15 is 0 Å². The number of benzene rings is 1. The Labute approximate surface area is 183 Å². The molecule has 0 saturated carbocycles. The first kappa shape index (κ1) is 24.4. The van der Waals surface area contributed by atoms with Gasteiger partial charge >= 0.3 is 5.97 Å².